The Kier molecular flexibility index (Phi) is 6.04. The summed E-state index contributed by atoms with van der Waals surface area (Å²) >= 11 is 1.53. The number of amides is 1. The summed E-state index contributed by atoms with van der Waals surface area (Å²) in [5.41, 5.74) is 3.09. The molecule has 0 saturated heterocycles. The van der Waals surface area contributed by atoms with Crippen molar-refractivity contribution < 1.29 is 13.9 Å². The fourth-order valence-corrected chi connectivity index (χ4v) is 4.26. The van der Waals surface area contributed by atoms with Crippen LogP contribution >= 0.6 is 11.3 Å². The summed E-state index contributed by atoms with van der Waals surface area (Å²) in [6.45, 7) is 4.05. The molecule has 0 spiro atoms. The number of carbonyl (C=O) groups is 1. The van der Waals surface area contributed by atoms with Crippen molar-refractivity contribution in [2.45, 2.75) is 19.9 Å². The summed E-state index contributed by atoms with van der Waals surface area (Å²) in [5, 5.41) is 7.30. The molecule has 1 unspecified atom stereocenters. The van der Waals surface area contributed by atoms with Gasteiger partial charge < -0.3 is 19.8 Å². The van der Waals surface area contributed by atoms with Gasteiger partial charge in [0.25, 0.3) is 5.91 Å². The second-order valence-corrected chi connectivity index (χ2v) is 8.40. The van der Waals surface area contributed by atoms with Gasteiger partial charge in [0.15, 0.2) is 5.76 Å². The molecule has 6 nitrogen and oxygen atoms in total. The van der Waals surface area contributed by atoms with E-state index >= 15 is 0 Å². The monoisotopic (exact) mass is 433 g/mol. The van der Waals surface area contributed by atoms with E-state index in [9.17, 15) is 4.79 Å². The van der Waals surface area contributed by atoms with E-state index in [0.717, 1.165) is 38.1 Å². The van der Waals surface area contributed by atoms with E-state index in [2.05, 4.69) is 21.7 Å². The Bertz CT molecular complexity index is 1170. The van der Waals surface area contributed by atoms with E-state index in [4.69, 9.17) is 9.15 Å². The zero-order valence-electron chi connectivity index (χ0n) is 17.5. The number of aromatic nitrogens is 1. The average molecular weight is 434 g/mol. The number of nitrogens with zero attached hydrogens (tertiary/aromatic N) is 1. The highest BCUT2D eigenvalue weighted by atomic mass is 32.1. The first-order chi connectivity index (χ1) is 15.0. The van der Waals surface area contributed by atoms with Gasteiger partial charge in [-0.3, -0.25) is 4.79 Å². The van der Waals surface area contributed by atoms with Gasteiger partial charge in [-0.15, -0.1) is 11.3 Å². The van der Waals surface area contributed by atoms with Crippen LogP contribution < -0.4 is 15.4 Å². The first-order valence-electron chi connectivity index (χ1n) is 9.82. The van der Waals surface area contributed by atoms with Gasteiger partial charge in [-0.1, -0.05) is 12.1 Å². The molecule has 4 rings (SSSR count). The highest BCUT2D eigenvalue weighted by Crippen LogP contribution is 2.38. The van der Waals surface area contributed by atoms with Crippen LogP contribution in [0.15, 0.2) is 71.5 Å². The molecule has 0 saturated carbocycles. The second kappa shape index (κ2) is 9.06. The molecule has 158 valence electrons. The molecular formula is C24H23N3O3S. The van der Waals surface area contributed by atoms with Crippen LogP contribution in [0.1, 0.15) is 38.2 Å². The zero-order chi connectivity index (χ0) is 21.8. The fourth-order valence-electron chi connectivity index (χ4n) is 3.32. The number of anilines is 2. The Hall–Kier alpha value is -3.58. The van der Waals surface area contributed by atoms with Crippen LogP contribution in [-0.4, -0.2) is 18.0 Å². The number of hydrogen-bond acceptors (Lipinski definition) is 6. The molecule has 2 N–H and O–H groups in total. The maximum absolute atomic E-state index is 12.6. The number of ether oxygens (including phenoxy) is 1. The first-order valence-corrected chi connectivity index (χ1v) is 10.6. The number of carbonyl (C=O) groups excluding carboxylic acids is 1. The predicted octanol–water partition coefficient (Wildman–Crippen LogP) is 5.82. The number of pyridine rings is 1. The third-order valence-corrected chi connectivity index (χ3v) is 5.81. The van der Waals surface area contributed by atoms with Crippen LogP contribution in [0.5, 0.6) is 5.75 Å². The van der Waals surface area contributed by atoms with Crippen molar-refractivity contribution in [3.05, 3.63) is 94.4 Å². The lowest BCUT2D eigenvalue weighted by molar-refractivity contribution is 0.0997. The number of benzene rings is 1. The third-order valence-electron chi connectivity index (χ3n) is 4.82. The molecule has 0 aliphatic rings. The largest absolute Gasteiger partial charge is 0.497 e. The number of rotatable bonds is 7. The van der Waals surface area contributed by atoms with Crippen LogP contribution in [0, 0.1) is 13.8 Å². The number of methoxy groups -OCH3 is 1. The normalized spacial score (nSPS) is 11.7. The molecule has 4 aromatic rings. The highest BCUT2D eigenvalue weighted by molar-refractivity contribution is 7.16. The smallest absolute Gasteiger partial charge is 0.291 e. The van der Waals surface area contributed by atoms with Gasteiger partial charge in [-0.05, 0) is 67.4 Å². The predicted molar refractivity (Wildman–Crippen MR) is 123 cm³/mol. The molecule has 7 heteroatoms. The summed E-state index contributed by atoms with van der Waals surface area (Å²) in [4.78, 5) is 18.2. The van der Waals surface area contributed by atoms with E-state index in [0.29, 0.717) is 0 Å². The van der Waals surface area contributed by atoms with Crippen molar-refractivity contribution in [1.82, 2.24) is 4.98 Å². The van der Waals surface area contributed by atoms with Crippen molar-refractivity contribution in [1.29, 1.82) is 0 Å². The van der Waals surface area contributed by atoms with Gasteiger partial charge in [0.1, 0.15) is 16.6 Å². The minimum absolute atomic E-state index is 0.225. The van der Waals surface area contributed by atoms with Crippen molar-refractivity contribution in [2.75, 3.05) is 17.7 Å². The van der Waals surface area contributed by atoms with E-state index in [1.165, 1.54) is 17.6 Å². The van der Waals surface area contributed by atoms with E-state index in [1.807, 2.05) is 50.2 Å². The number of hydrogen-bond donors (Lipinski definition) is 2. The molecule has 3 aromatic heterocycles. The van der Waals surface area contributed by atoms with Gasteiger partial charge in [-0.25, -0.2) is 4.98 Å². The Morgan fingerprint density at radius 1 is 1.13 bits per heavy atom. The number of aryl methyl sites for hydroxylation is 2. The van der Waals surface area contributed by atoms with Crippen LogP contribution in [0.25, 0.3) is 0 Å². The van der Waals surface area contributed by atoms with Crippen LogP contribution in [-0.2, 0) is 0 Å². The van der Waals surface area contributed by atoms with Crippen LogP contribution in [0.3, 0.4) is 0 Å². The third kappa shape index (κ3) is 4.78. The average Bonchev–Trinajstić information content (AvgIpc) is 3.42. The number of nitrogens with one attached hydrogen (secondary N) is 2. The minimum Gasteiger partial charge on any atom is -0.497 e. The molecule has 0 bridgehead atoms. The van der Waals surface area contributed by atoms with Crippen molar-refractivity contribution >= 4 is 28.1 Å². The SMILES string of the molecule is COc1ccc(C(Nc2cc(C)ccn2)c2cc(C)sc2NC(=O)c2ccco2)cc1. The van der Waals surface area contributed by atoms with Gasteiger partial charge in [0.05, 0.1) is 19.4 Å². The molecule has 0 radical (unpaired) electrons. The second-order valence-electron chi connectivity index (χ2n) is 7.14. The Balaban J connectivity index is 1.73. The van der Waals surface area contributed by atoms with Crippen molar-refractivity contribution in [3.63, 3.8) is 0 Å². The molecule has 31 heavy (non-hydrogen) atoms. The Labute approximate surface area is 184 Å². The zero-order valence-corrected chi connectivity index (χ0v) is 18.3. The molecular weight excluding hydrogens is 410 g/mol. The summed E-state index contributed by atoms with van der Waals surface area (Å²) in [7, 11) is 1.64. The fraction of sp³-hybridized carbons (Fsp3) is 0.167. The molecule has 1 aromatic carbocycles. The molecule has 0 fully saturated rings. The quantitative estimate of drug-likeness (QED) is 0.384. The summed E-state index contributed by atoms with van der Waals surface area (Å²) < 4.78 is 10.6. The molecule has 0 aliphatic carbocycles. The lowest BCUT2D eigenvalue weighted by atomic mass is 9.99. The molecule has 0 aliphatic heterocycles. The maximum atomic E-state index is 12.6. The van der Waals surface area contributed by atoms with Crippen molar-refractivity contribution in [3.8, 4) is 5.75 Å². The maximum Gasteiger partial charge on any atom is 0.291 e. The topological polar surface area (TPSA) is 76.4 Å². The standard InChI is InChI=1S/C24H23N3O3S/c1-15-10-11-25-21(13-15)26-22(17-6-8-18(29-3)9-7-17)19-14-16(2)31-24(19)27-23(28)20-5-4-12-30-20/h4-14,22H,1-3H3,(H,25,26)(H,27,28). The van der Waals surface area contributed by atoms with Crippen LogP contribution in [0.4, 0.5) is 10.8 Å². The van der Waals surface area contributed by atoms with Gasteiger partial charge >= 0.3 is 0 Å². The van der Waals surface area contributed by atoms with Gasteiger partial charge in [-0.2, -0.15) is 0 Å². The van der Waals surface area contributed by atoms with Gasteiger partial charge in [0, 0.05) is 16.6 Å². The van der Waals surface area contributed by atoms with E-state index < -0.39 is 0 Å². The Morgan fingerprint density at radius 2 is 1.94 bits per heavy atom. The first kappa shape index (κ1) is 20.7. The van der Waals surface area contributed by atoms with Crippen molar-refractivity contribution in [2.24, 2.45) is 0 Å². The number of furan rings is 1. The van der Waals surface area contributed by atoms with Gasteiger partial charge in [0.2, 0.25) is 0 Å². The van der Waals surface area contributed by atoms with Crippen LogP contribution in [0.2, 0.25) is 0 Å². The molecule has 1 atom stereocenters. The molecule has 1 amide bonds. The number of thiophene rings is 1. The highest BCUT2D eigenvalue weighted by Gasteiger charge is 2.23. The lowest BCUT2D eigenvalue weighted by Gasteiger charge is -2.21. The summed E-state index contributed by atoms with van der Waals surface area (Å²) in [5.74, 6) is 1.53. The van der Waals surface area contributed by atoms with E-state index in [1.54, 1.807) is 25.4 Å². The molecule has 3 heterocycles. The minimum atomic E-state index is -0.282. The summed E-state index contributed by atoms with van der Waals surface area (Å²) in [6.07, 6.45) is 3.27. The Morgan fingerprint density at radius 3 is 2.61 bits per heavy atom. The summed E-state index contributed by atoms with van der Waals surface area (Å²) in [6, 6.07) is 17.0. The van der Waals surface area contributed by atoms with E-state index in [-0.39, 0.29) is 17.7 Å². The lowest BCUT2D eigenvalue weighted by Crippen LogP contribution is -2.17.